The van der Waals surface area contributed by atoms with E-state index in [2.05, 4.69) is 15.5 Å². The summed E-state index contributed by atoms with van der Waals surface area (Å²) in [7, 11) is 1.64. The molecule has 0 bridgehead atoms. The summed E-state index contributed by atoms with van der Waals surface area (Å²) in [5.74, 6) is 0.811. The first-order chi connectivity index (χ1) is 11.7. The SMILES string of the molecule is COc1ccc(CCC(=O)Nc2cccc(-c3ccn[nH]3)c2)cc1. The van der Waals surface area contributed by atoms with E-state index < -0.39 is 0 Å². The van der Waals surface area contributed by atoms with Gasteiger partial charge >= 0.3 is 0 Å². The summed E-state index contributed by atoms with van der Waals surface area (Å²) in [6.45, 7) is 0. The number of methoxy groups -OCH3 is 1. The molecule has 1 heterocycles. The van der Waals surface area contributed by atoms with Crippen LogP contribution in [0.15, 0.2) is 60.8 Å². The van der Waals surface area contributed by atoms with Gasteiger partial charge in [-0.3, -0.25) is 9.89 Å². The quantitative estimate of drug-likeness (QED) is 0.728. The lowest BCUT2D eigenvalue weighted by Gasteiger charge is -2.07. The second-order valence-electron chi connectivity index (χ2n) is 5.45. The lowest BCUT2D eigenvalue weighted by molar-refractivity contribution is -0.116. The van der Waals surface area contributed by atoms with E-state index in [4.69, 9.17) is 4.74 Å². The number of amides is 1. The Morgan fingerprint density at radius 3 is 2.71 bits per heavy atom. The van der Waals surface area contributed by atoms with Crippen molar-refractivity contribution in [2.24, 2.45) is 0 Å². The number of hydrogen-bond donors (Lipinski definition) is 2. The molecule has 5 heteroatoms. The number of carbonyl (C=O) groups is 1. The highest BCUT2D eigenvalue weighted by Gasteiger charge is 2.05. The van der Waals surface area contributed by atoms with Crippen LogP contribution in [0.5, 0.6) is 5.75 Å². The first kappa shape index (κ1) is 15.8. The zero-order chi connectivity index (χ0) is 16.8. The Hall–Kier alpha value is -3.08. The maximum atomic E-state index is 12.2. The molecule has 0 saturated carbocycles. The topological polar surface area (TPSA) is 67.0 Å². The number of anilines is 1. The highest BCUT2D eigenvalue weighted by molar-refractivity contribution is 5.91. The minimum atomic E-state index is -0.00687. The molecule has 0 radical (unpaired) electrons. The van der Waals surface area contributed by atoms with Crippen LogP contribution in [0.1, 0.15) is 12.0 Å². The molecule has 0 fully saturated rings. The van der Waals surface area contributed by atoms with Crippen LogP contribution in [0.25, 0.3) is 11.3 Å². The van der Waals surface area contributed by atoms with Crippen LogP contribution in [0.3, 0.4) is 0 Å². The van der Waals surface area contributed by atoms with Gasteiger partial charge in [-0.2, -0.15) is 5.10 Å². The van der Waals surface area contributed by atoms with Gasteiger partial charge in [-0.25, -0.2) is 0 Å². The number of carbonyl (C=O) groups excluding carboxylic acids is 1. The maximum absolute atomic E-state index is 12.2. The van der Waals surface area contributed by atoms with Gasteiger partial charge in [0.15, 0.2) is 0 Å². The van der Waals surface area contributed by atoms with Gasteiger partial charge in [0.25, 0.3) is 0 Å². The second kappa shape index (κ2) is 7.46. The van der Waals surface area contributed by atoms with Crippen molar-refractivity contribution >= 4 is 11.6 Å². The number of nitrogens with zero attached hydrogens (tertiary/aromatic N) is 1. The van der Waals surface area contributed by atoms with Crippen molar-refractivity contribution in [1.29, 1.82) is 0 Å². The summed E-state index contributed by atoms with van der Waals surface area (Å²) in [5, 5.41) is 9.80. The molecule has 0 aliphatic heterocycles. The van der Waals surface area contributed by atoms with Gasteiger partial charge in [0.05, 0.1) is 12.8 Å². The van der Waals surface area contributed by atoms with Crippen molar-refractivity contribution in [3.63, 3.8) is 0 Å². The number of aryl methyl sites for hydroxylation is 1. The van der Waals surface area contributed by atoms with E-state index in [0.717, 1.165) is 28.3 Å². The summed E-state index contributed by atoms with van der Waals surface area (Å²) < 4.78 is 5.13. The zero-order valence-corrected chi connectivity index (χ0v) is 13.5. The number of H-pyrrole nitrogens is 1. The highest BCUT2D eigenvalue weighted by Crippen LogP contribution is 2.20. The fourth-order valence-corrected chi connectivity index (χ4v) is 2.45. The fourth-order valence-electron chi connectivity index (χ4n) is 2.45. The number of benzene rings is 2. The molecule has 0 unspecified atom stereocenters. The second-order valence-corrected chi connectivity index (χ2v) is 5.45. The summed E-state index contributed by atoms with van der Waals surface area (Å²) >= 11 is 0. The molecule has 1 aromatic heterocycles. The van der Waals surface area contributed by atoms with Crippen molar-refractivity contribution in [3.05, 3.63) is 66.4 Å². The predicted molar refractivity (Wildman–Crippen MR) is 94.0 cm³/mol. The normalized spacial score (nSPS) is 10.4. The molecule has 1 amide bonds. The largest absolute Gasteiger partial charge is 0.497 e. The average molecular weight is 321 g/mol. The van der Waals surface area contributed by atoms with E-state index in [1.165, 1.54) is 0 Å². The zero-order valence-electron chi connectivity index (χ0n) is 13.5. The Bertz CT molecular complexity index is 796. The Balaban J connectivity index is 1.57. The molecule has 3 aromatic rings. The number of aromatic nitrogens is 2. The third kappa shape index (κ3) is 4.01. The lowest BCUT2D eigenvalue weighted by atomic mass is 10.1. The van der Waals surface area contributed by atoms with E-state index in [1.54, 1.807) is 13.3 Å². The van der Waals surface area contributed by atoms with E-state index in [1.807, 2.05) is 54.6 Å². The summed E-state index contributed by atoms with van der Waals surface area (Å²) in [6.07, 6.45) is 2.83. The van der Waals surface area contributed by atoms with Gasteiger partial charge in [0.1, 0.15) is 5.75 Å². The van der Waals surface area contributed by atoms with Crippen LogP contribution in [0.2, 0.25) is 0 Å². The van der Waals surface area contributed by atoms with Crippen LogP contribution in [0, 0.1) is 0 Å². The molecule has 0 saturated heterocycles. The molecular formula is C19H19N3O2. The maximum Gasteiger partial charge on any atom is 0.224 e. The van der Waals surface area contributed by atoms with E-state index >= 15 is 0 Å². The van der Waals surface area contributed by atoms with E-state index in [9.17, 15) is 4.79 Å². The molecule has 2 aromatic carbocycles. The van der Waals surface area contributed by atoms with Crippen LogP contribution < -0.4 is 10.1 Å². The van der Waals surface area contributed by atoms with Crippen molar-refractivity contribution < 1.29 is 9.53 Å². The van der Waals surface area contributed by atoms with Crippen LogP contribution in [0.4, 0.5) is 5.69 Å². The molecule has 0 aliphatic carbocycles. The summed E-state index contributed by atoms with van der Waals surface area (Å²) in [6, 6.07) is 17.3. The molecule has 2 N–H and O–H groups in total. The van der Waals surface area contributed by atoms with Gasteiger partial charge in [0.2, 0.25) is 5.91 Å². The van der Waals surface area contributed by atoms with Crippen molar-refractivity contribution in [2.45, 2.75) is 12.8 Å². The number of nitrogens with one attached hydrogen (secondary N) is 2. The first-order valence-electron chi connectivity index (χ1n) is 7.77. The van der Waals surface area contributed by atoms with Crippen LogP contribution in [-0.4, -0.2) is 23.2 Å². The van der Waals surface area contributed by atoms with Gasteiger partial charge in [-0.15, -0.1) is 0 Å². The van der Waals surface area contributed by atoms with Gasteiger partial charge in [0, 0.05) is 23.9 Å². The molecule has 0 aliphatic rings. The predicted octanol–water partition coefficient (Wildman–Crippen LogP) is 3.66. The Kier molecular flexibility index (Phi) is 4.91. The number of ether oxygens (including phenoxy) is 1. The third-order valence-electron chi connectivity index (χ3n) is 3.76. The van der Waals surface area contributed by atoms with Crippen molar-refractivity contribution in [1.82, 2.24) is 10.2 Å². The standard InChI is InChI=1S/C19H19N3O2/c1-24-17-8-5-14(6-9-17)7-10-19(23)21-16-4-2-3-15(13-16)18-11-12-20-22-18/h2-6,8-9,11-13H,7,10H2,1H3,(H,20,22)(H,21,23). The van der Waals surface area contributed by atoms with Crippen LogP contribution in [-0.2, 0) is 11.2 Å². The molecule has 24 heavy (non-hydrogen) atoms. The minimum Gasteiger partial charge on any atom is -0.497 e. The molecule has 0 spiro atoms. The van der Waals surface area contributed by atoms with Gasteiger partial charge in [-0.1, -0.05) is 24.3 Å². The molecule has 5 nitrogen and oxygen atoms in total. The third-order valence-corrected chi connectivity index (χ3v) is 3.76. The van der Waals surface area contributed by atoms with Gasteiger partial charge in [-0.05, 0) is 42.3 Å². The first-order valence-corrected chi connectivity index (χ1v) is 7.77. The average Bonchev–Trinajstić information content (AvgIpc) is 3.15. The Morgan fingerprint density at radius 2 is 2.00 bits per heavy atom. The lowest BCUT2D eigenvalue weighted by Crippen LogP contribution is -2.12. The van der Waals surface area contributed by atoms with Crippen molar-refractivity contribution in [2.75, 3.05) is 12.4 Å². The van der Waals surface area contributed by atoms with Crippen LogP contribution >= 0.6 is 0 Å². The van der Waals surface area contributed by atoms with Crippen molar-refractivity contribution in [3.8, 4) is 17.0 Å². The Morgan fingerprint density at radius 1 is 1.17 bits per heavy atom. The summed E-state index contributed by atoms with van der Waals surface area (Å²) in [5.41, 5.74) is 3.80. The molecule has 3 rings (SSSR count). The number of aromatic amines is 1. The van der Waals surface area contributed by atoms with E-state index in [0.29, 0.717) is 12.8 Å². The van der Waals surface area contributed by atoms with Gasteiger partial charge < -0.3 is 10.1 Å². The molecule has 0 atom stereocenters. The molecular weight excluding hydrogens is 302 g/mol. The molecule has 122 valence electrons. The number of hydrogen-bond acceptors (Lipinski definition) is 3. The smallest absolute Gasteiger partial charge is 0.224 e. The van der Waals surface area contributed by atoms with E-state index in [-0.39, 0.29) is 5.91 Å². The highest BCUT2D eigenvalue weighted by atomic mass is 16.5. The Labute approximate surface area is 140 Å². The number of rotatable bonds is 6. The fraction of sp³-hybridized carbons (Fsp3) is 0.158. The summed E-state index contributed by atoms with van der Waals surface area (Å²) in [4.78, 5) is 12.2. The minimum absolute atomic E-state index is 0.00687. The monoisotopic (exact) mass is 321 g/mol.